The van der Waals surface area contributed by atoms with Gasteiger partial charge in [-0.3, -0.25) is 4.79 Å². The van der Waals surface area contributed by atoms with Crippen molar-refractivity contribution in [2.45, 2.75) is 0 Å². The topological polar surface area (TPSA) is 69.2 Å². The molecule has 6 nitrogen and oxygen atoms in total. The van der Waals surface area contributed by atoms with Crippen molar-refractivity contribution in [3.05, 3.63) is 52.5 Å². The summed E-state index contributed by atoms with van der Waals surface area (Å²) in [5.41, 5.74) is 3.22. The predicted molar refractivity (Wildman–Crippen MR) is 94.9 cm³/mol. The molecule has 0 fully saturated rings. The van der Waals surface area contributed by atoms with Crippen molar-refractivity contribution in [2.24, 2.45) is 5.10 Å². The van der Waals surface area contributed by atoms with Crippen molar-refractivity contribution < 1.29 is 19.0 Å². The second-order valence-corrected chi connectivity index (χ2v) is 5.51. The standard InChI is InChI=1S/C17H17BrN2O4/c1-22-13-5-3-4-12(8-13)10-19-20-17(21)11-24-16-7-6-14(23-2)9-15(16)18/h3-10H,11H2,1-2H3,(H,20,21). The van der Waals surface area contributed by atoms with Crippen LogP contribution in [0.2, 0.25) is 0 Å². The van der Waals surface area contributed by atoms with Crippen molar-refractivity contribution in [3.63, 3.8) is 0 Å². The van der Waals surface area contributed by atoms with E-state index in [1.165, 1.54) is 6.21 Å². The van der Waals surface area contributed by atoms with E-state index in [0.717, 1.165) is 11.3 Å². The molecule has 1 N–H and O–H groups in total. The Bertz CT molecular complexity index is 734. The van der Waals surface area contributed by atoms with E-state index in [4.69, 9.17) is 14.2 Å². The zero-order valence-corrected chi connectivity index (χ0v) is 14.9. The molecule has 0 saturated heterocycles. The molecule has 0 radical (unpaired) electrons. The van der Waals surface area contributed by atoms with Crippen LogP contribution in [0.5, 0.6) is 17.2 Å². The van der Waals surface area contributed by atoms with Crippen LogP contribution in [0.25, 0.3) is 0 Å². The fourth-order valence-corrected chi connectivity index (χ4v) is 2.27. The summed E-state index contributed by atoms with van der Waals surface area (Å²) in [6.45, 7) is -0.152. The number of methoxy groups -OCH3 is 2. The summed E-state index contributed by atoms with van der Waals surface area (Å²) in [7, 11) is 3.17. The van der Waals surface area contributed by atoms with E-state index in [2.05, 4.69) is 26.5 Å². The molecule has 0 aliphatic rings. The lowest BCUT2D eigenvalue weighted by atomic mass is 10.2. The number of hydrazone groups is 1. The minimum atomic E-state index is -0.364. The summed E-state index contributed by atoms with van der Waals surface area (Å²) in [6, 6.07) is 12.6. The second kappa shape index (κ2) is 8.93. The Labute approximate surface area is 148 Å². The molecule has 2 aromatic carbocycles. The summed E-state index contributed by atoms with van der Waals surface area (Å²) < 4.78 is 16.3. The van der Waals surface area contributed by atoms with Crippen molar-refractivity contribution in [3.8, 4) is 17.2 Å². The first-order chi connectivity index (χ1) is 11.6. The van der Waals surface area contributed by atoms with E-state index in [9.17, 15) is 4.79 Å². The number of amides is 1. The highest BCUT2D eigenvalue weighted by atomic mass is 79.9. The number of ether oxygens (including phenoxy) is 3. The highest BCUT2D eigenvalue weighted by Crippen LogP contribution is 2.28. The van der Waals surface area contributed by atoms with Gasteiger partial charge in [0.05, 0.1) is 24.9 Å². The third-order valence-corrected chi connectivity index (χ3v) is 3.61. The summed E-state index contributed by atoms with van der Waals surface area (Å²) in [6.07, 6.45) is 1.53. The lowest BCUT2D eigenvalue weighted by molar-refractivity contribution is -0.123. The molecule has 7 heteroatoms. The number of hydrogen-bond donors (Lipinski definition) is 1. The summed E-state index contributed by atoms with van der Waals surface area (Å²) in [5.74, 6) is 1.60. The SMILES string of the molecule is COc1cccc(C=NNC(=O)COc2ccc(OC)cc2Br)c1. The highest BCUT2D eigenvalue weighted by Gasteiger charge is 2.06. The first-order valence-corrected chi connectivity index (χ1v) is 7.84. The summed E-state index contributed by atoms with van der Waals surface area (Å²) >= 11 is 3.36. The first-order valence-electron chi connectivity index (χ1n) is 7.04. The fraction of sp³-hybridized carbons (Fsp3) is 0.176. The van der Waals surface area contributed by atoms with Crippen molar-refractivity contribution >= 4 is 28.1 Å². The van der Waals surface area contributed by atoms with Crippen LogP contribution in [0.15, 0.2) is 52.0 Å². The summed E-state index contributed by atoms with van der Waals surface area (Å²) in [5, 5.41) is 3.89. The maximum absolute atomic E-state index is 11.7. The van der Waals surface area contributed by atoms with E-state index in [0.29, 0.717) is 16.0 Å². The van der Waals surface area contributed by atoms with Crippen LogP contribution in [-0.2, 0) is 4.79 Å². The molecule has 2 aromatic rings. The van der Waals surface area contributed by atoms with Gasteiger partial charge < -0.3 is 14.2 Å². The molecule has 24 heavy (non-hydrogen) atoms. The van der Waals surface area contributed by atoms with Gasteiger partial charge in [0.1, 0.15) is 17.2 Å². The number of nitrogens with one attached hydrogen (secondary N) is 1. The van der Waals surface area contributed by atoms with Gasteiger partial charge in [-0.2, -0.15) is 5.10 Å². The van der Waals surface area contributed by atoms with Crippen LogP contribution in [0, 0.1) is 0 Å². The molecule has 0 unspecified atom stereocenters. The average molecular weight is 393 g/mol. The molecule has 0 aromatic heterocycles. The van der Waals surface area contributed by atoms with Gasteiger partial charge in [-0.1, -0.05) is 12.1 Å². The molecule has 0 saturated carbocycles. The Kier molecular flexibility index (Phi) is 6.62. The van der Waals surface area contributed by atoms with E-state index in [-0.39, 0.29) is 12.5 Å². The van der Waals surface area contributed by atoms with Gasteiger partial charge in [0, 0.05) is 0 Å². The van der Waals surface area contributed by atoms with Crippen LogP contribution < -0.4 is 19.6 Å². The number of nitrogens with zero attached hydrogens (tertiary/aromatic N) is 1. The Hall–Kier alpha value is -2.54. The first kappa shape index (κ1) is 17.8. The molecule has 0 bridgehead atoms. The molecule has 0 aliphatic carbocycles. The van der Waals surface area contributed by atoms with E-state index in [1.807, 2.05) is 18.2 Å². The van der Waals surface area contributed by atoms with Crippen LogP contribution in [-0.4, -0.2) is 32.9 Å². The molecule has 0 aliphatic heterocycles. The third-order valence-electron chi connectivity index (χ3n) is 2.99. The number of carbonyl (C=O) groups is 1. The monoisotopic (exact) mass is 392 g/mol. The molecule has 1 amide bonds. The number of carbonyl (C=O) groups excluding carboxylic acids is 1. The van der Waals surface area contributed by atoms with Gasteiger partial charge >= 0.3 is 0 Å². The van der Waals surface area contributed by atoms with Gasteiger partial charge in [0.15, 0.2) is 6.61 Å². The van der Waals surface area contributed by atoms with Gasteiger partial charge in [-0.25, -0.2) is 5.43 Å². The van der Waals surface area contributed by atoms with E-state index >= 15 is 0 Å². The number of halogens is 1. The lowest BCUT2D eigenvalue weighted by Gasteiger charge is -2.08. The molecule has 0 atom stereocenters. The molecule has 2 rings (SSSR count). The molecule has 0 spiro atoms. The number of rotatable bonds is 7. The Balaban J connectivity index is 1.84. The quantitative estimate of drug-likeness (QED) is 0.580. The minimum Gasteiger partial charge on any atom is -0.497 e. The second-order valence-electron chi connectivity index (χ2n) is 4.65. The van der Waals surface area contributed by atoms with Crippen molar-refractivity contribution in [1.29, 1.82) is 0 Å². The fourth-order valence-electron chi connectivity index (χ4n) is 1.80. The van der Waals surface area contributed by atoms with Crippen molar-refractivity contribution in [1.82, 2.24) is 5.43 Å². The Morgan fingerprint density at radius 2 is 1.92 bits per heavy atom. The van der Waals surface area contributed by atoms with Crippen LogP contribution in [0.3, 0.4) is 0 Å². The normalized spacial score (nSPS) is 10.5. The largest absolute Gasteiger partial charge is 0.497 e. The lowest BCUT2D eigenvalue weighted by Crippen LogP contribution is -2.24. The van der Waals surface area contributed by atoms with Crippen LogP contribution >= 0.6 is 15.9 Å². The maximum atomic E-state index is 11.7. The maximum Gasteiger partial charge on any atom is 0.277 e. The highest BCUT2D eigenvalue weighted by molar-refractivity contribution is 9.10. The molecular weight excluding hydrogens is 376 g/mol. The number of hydrogen-bond acceptors (Lipinski definition) is 5. The zero-order valence-electron chi connectivity index (χ0n) is 13.3. The molecule has 0 heterocycles. The third kappa shape index (κ3) is 5.27. The Morgan fingerprint density at radius 1 is 1.17 bits per heavy atom. The van der Waals surface area contributed by atoms with Crippen molar-refractivity contribution in [2.75, 3.05) is 20.8 Å². The van der Waals surface area contributed by atoms with Gasteiger partial charge in [0.2, 0.25) is 0 Å². The molecule has 126 valence electrons. The zero-order chi connectivity index (χ0) is 17.4. The van der Waals surface area contributed by atoms with Gasteiger partial charge in [-0.15, -0.1) is 0 Å². The smallest absolute Gasteiger partial charge is 0.277 e. The predicted octanol–water partition coefficient (Wildman–Crippen LogP) is 3.00. The Morgan fingerprint density at radius 3 is 2.62 bits per heavy atom. The van der Waals surface area contributed by atoms with E-state index < -0.39 is 0 Å². The van der Waals surface area contributed by atoms with Crippen LogP contribution in [0.1, 0.15) is 5.56 Å². The van der Waals surface area contributed by atoms with Crippen LogP contribution in [0.4, 0.5) is 0 Å². The number of benzene rings is 2. The van der Waals surface area contributed by atoms with E-state index in [1.54, 1.807) is 38.5 Å². The summed E-state index contributed by atoms with van der Waals surface area (Å²) in [4.78, 5) is 11.7. The average Bonchev–Trinajstić information content (AvgIpc) is 2.60. The molecular formula is C17H17BrN2O4. The van der Waals surface area contributed by atoms with Gasteiger partial charge in [-0.05, 0) is 51.8 Å². The van der Waals surface area contributed by atoms with Gasteiger partial charge in [0.25, 0.3) is 5.91 Å². The minimum absolute atomic E-state index is 0.152.